The molecule has 2 heterocycles. The van der Waals surface area contributed by atoms with Gasteiger partial charge in [-0.2, -0.15) is 5.26 Å². The smallest absolute Gasteiger partial charge is 0.268 e. The van der Waals surface area contributed by atoms with Crippen molar-refractivity contribution in [1.82, 2.24) is 10.3 Å². The minimum Gasteiger partial charge on any atom is -0.356 e. The summed E-state index contributed by atoms with van der Waals surface area (Å²) < 4.78 is 0. The number of benzene rings is 1. The van der Waals surface area contributed by atoms with Gasteiger partial charge in [0.25, 0.3) is 5.91 Å². The van der Waals surface area contributed by atoms with E-state index in [0.717, 1.165) is 6.42 Å². The summed E-state index contributed by atoms with van der Waals surface area (Å²) in [6.07, 6.45) is 2.78. The van der Waals surface area contributed by atoms with Crippen molar-refractivity contribution in [3.63, 3.8) is 0 Å². The van der Waals surface area contributed by atoms with E-state index in [2.05, 4.69) is 10.3 Å². The fourth-order valence-electron chi connectivity index (χ4n) is 2.74. The highest BCUT2D eigenvalue weighted by Gasteiger charge is 2.32. The topological polar surface area (TPSA) is 89.0 Å². The number of hydrogen-bond acceptors (Lipinski definition) is 3. The minimum absolute atomic E-state index is 0.185. The third-order valence-electron chi connectivity index (χ3n) is 3.94. The maximum atomic E-state index is 12.7. The Labute approximate surface area is 144 Å². The number of nitriles is 1. The van der Waals surface area contributed by atoms with E-state index in [1.54, 1.807) is 23.1 Å². The van der Waals surface area contributed by atoms with Crippen molar-refractivity contribution < 1.29 is 9.59 Å². The van der Waals surface area contributed by atoms with Gasteiger partial charge < -0.3 is 15.2 Å². The lowest BCUT2D eigenvalue weighted by Crippen LogP contribution is -2.52. The van der Waals surface area contributed by atoms with Crippen molar-refractivity contribution >= 4 is 29.1 Å². The molecular formula is C17H15ClN4O2. The number of rotatable bonds is 3. The van der Waals surface area contributed by atoms with E-state index >= 15 is 0 Å². The van der Waals surface area contributed by atoms with Gasteiger partial charge in [0.1, 0.15) is 17.8 Å². The van der Waals surface area contributed by atoms with Gasteiger partial charge in [-0.1, -0.05) is 23.7 Å². The van der Waals surface area contributed by atoms with E-state index in [-0.39, 0.29) is 11.6 Å². The van der Waals surface area contributed by atoms with Crippen LogP contribution in [0.25, 0.3) is 0 Å². The van der Waals surface area contributed by atoms with Gasteiger partial charge in [0.05, 0.1) is 16.3 Å². The number of anilines is 1. The second kappa shape index (κ2) is 6.77. The first-order valence-corrected chi connectivity index (χ1v) is 7.93. The number of aromatic amines is 1. The third-order valence-corrected chi connectivity index (χ3v) is 4.26. The van der Waals surface area contributed by atoms with Crippen LogP contribution in [-0.4, -0.2) is 29.4 Å². The molecule has 0 radical (unpaired) electrons. The molecule has 1 atom stereocenters. The lowest BCUT2D eigenvalue weighted by Gasteiger charge is -2.33. The van der Waals surface area contributed by atoms with Crippen LogP contribution in [0.5, 0.6) is 0 Å². The molecule has 0 unspecified atom stereocenters. The molecule has 2 N–H and O–H groups in total. The second-order valence-electron chi connectivity index (χ2n) is 5.52. The molecule has 2 aromatic rings. The van der Waals surface area contributed by atoms with Crippen LogP contribution in [0, 0.1) is 11.3 Å². The van der Waals surface area contributed by atoms with Crippen LogP contribution in [0.2, 0.25) is 5.02 Å². The molecule has 1 fully saturated rings. The number of aromatic nitrogens is 1. The highest BCUT2D eigenvalue weighted by molar-refractivity contribution is 6.33. The van der Waals surface area contributed by atoms with Crippen LogP contribution in [0.15, 0.2) is 36.5 Å². The van der Waals surface area contributed by atoms with E-state index in [4.69, 9.17) is 16.9 Å². The number of carbonyl (C=O) groups is 2. The van der Waals surface area contributed by atoms with Crippen molar-refractivity contribution in [2.24, 2.45) is 0 Å². The summed E-state index contributed by atoms with van der Waals surface area (Å²) in [5.41, 5.74) is 1.27. The Kier molecular flexibility index (Phi) is 4.54. The molecule has 3 rings (SSSR count). The van der Waals surface area contributed by atoms with Crippen molar-refractivity contribution in [2.75, 3.05) is 11.4 Å². The van der Waals surface area contributed by atoms with E-state index in [1.807, 2.05) is 12.1 Å². The predicted molar refractivity (Wildman–Crippen MR) is 89.8 cm³/mol. The molecule has 1 aliphatic heterocycles. The Balaban J connectivity index is 1.75. The number of H-pyrrole nitrogens is 1. The lowest BCUT2D eigenvalue weighted by atomic mass is 10.0. The molecule has 1 aromatic heterocycles. The maximum Gasteiger partial charge on any atom is 0.268 e. The number of halogens is 1. The lowest BCUT2D eigenvalue weighted by molar-refractivity contribution is -0.121. The van der Waals surface area contributed by atoms with Gasteiger partial charge in [0, 0.05) is 12.7 Å². The average Bonchev–Trinajstić information content (AvgIpc) is 3.07. The summed E-state index contributed by atoms with van der Waals surface area (Å²) in [4.78, 5) is 29.3. The zero-order valence-corrected chi connectivity index (χ0v) is 13.5. The molecule has 122 valence electrons. The molecule has 24 heavy (non-hydrogen) atoms. The molecule has 1 aromatic carbocycles. The molecule has 0 aliphatic carbocycles. The second-order valence-corrected chi connectivity index (χ2v) is 5.93. The Bertz CT molecular complexity index is 824. The molecule has 7 heteroatoms. The van der Waals surface area contributed by atoms with Crippen molar-refractivity contribution in [1.29, 1.82) is 5.26 Å². The average molecular weight is 343 g/mol. The van der Waals surface area contributed by atoms with Crippen LogP contribution < -0.4 is 10.2 Å². The van der Waals surface area contributed by atoms with Gasteiger partial charge >= 0.3 is 0 Å². The van der Waals surface area contributed by atoms with Gasteiger partial charge in [-0.05, 0) is 31.0 Å². The van der Waals surface area contributed by atoms with Crippen molar-refractivity contribution in [3.05, 3.63) is 52.8 Å². The number of para-hydroxylation sites is 1. The first-order chi connectivity index (χ1) is 11.6. The summed E-state index contributed by atoms with van der Waals surface area (Å²) in [5, 5.41) is 12.0. The highest BCUT2D eigenvalue weighted by Crippen LogP contribution is 2.28. The van der Waals surface area contributed by atoms with Gasteiger partial charge in [0.15, 0.2) is 0 Å². The SMILES string of the molecule is N#Cc1c[nH]c(C(=O)N[C@@H]2CCCN(c3ccccc3Cl)C2=O)c1. The fourth-order valence-corrected chi connectivity index (χ4v) is 2.98. The van der Waals surface area contributed by atoms with Crippen molar-refractivity contribution in [3.8, 4) is 6.07 Å². The molecule has 1 aliphatic rings. The van der Waals surface area contributed by atoms with Crippen molar-refractivity contribution in [2.45, 2.75) is 18.9 Å². The predicted octanol–water partition coefficient (Wildman–Crippen LogP) is 2.47. The molecule has 2 amide bonds. The maximum absolute atomic E-state index is 12.7. The Hall–Kier alpha value is -2.78. The molecule has 0 spiro atoms. The number of nitrogens with zero attached hydrogens (tertiary/aromatic N) is 2. The summed E-state index contributed by atoms with van der Waals surface area (Å²) in [5.74, 6) is -0.592. The largest absolute Gasteiger partial charge is 0.356 e. The van der Waals surface area contributed by atoms with Gasteiger partial charge in [-0.3, -0.25) is 9.59 Å². The van der Waals surface area contributed by atoms with E-state index in [9.17, 15) is 9.59 Å². The van der Waals surface area contributed by atoms with Crippen LogP contribution in [0.4, 0.5) is 5.69 Å². The van der Waals surface area contributed by atoms with Gasteiger partial charge in [-0.25, -0.2) is 0 Å². The van der Waals surface area contributed by atoms with E-state index in [1.165, 1.54) is 12.3 Å². The summed E-state index contributed by atoms with van der Waals surface area (Å²) in [7, 11) is 0. The number of hydrogen-bond donors (Lipinski definition) is 2. The quantitative estimate of drug-likeness (QED) is 0.898. The third kappa shape index (κ3) is 3.12. The Morgan fingerprint density at radius 2 is 2.21 bits per heavy atom. The van der Waals surface area contributed by atoms with Gasteiger partial charge in [-0.15, -0.1) is 0 Å². The normalized spacial score (nSPS) is 17.4. The molecule has 0 bridgehead atoms. The molecule has 0 saturated carbocycles. The molecule has 1 saturated heterocycles. The first kappa shape index (κ1) is 16.1. The summed E-state index contributed by atoms with van der Waals surface area (Å²) in [6.45, 7) is 0.565. The summed E-state index contributed by atoms with van der Waals surface area (Å²) >= 11 is 6.17. The molecular weight excluding hydrogens is 328 g/mol. The number of carbonyl (C=O) groups excluding carboxylic acids is 2. The van der Waals surface area contributed by atoms with E-state index < -0.39 is 11.9 Å². The standard InChI is InChI=1S/C17H15ClN4O2/c18-12-4-1-2-6-15(12)22-7-3-5-13(17(22)24)21-16(23)14-8-11(9-19)10-20-14/h1-2,4,6,8,10,13,20H,3,5,7H2,(H,21,23)/t13-/m1/s1. The summed E-state index contributed by atoms with van der Waals surface area (Å²) in [6, 6.07) is 9.93. The molecule has 6 nitrogen and oxygen atoms in total. The number of amides is 2. The number of piperidine rings is 1. The Morgan fingerprint density at radius 3 is 2.92 bits per heavy atom. The monoisotopic (exact) mass is 342 g/mol. The van der Waals surface area contributed by atoms with Crippen LogP contribution in [0.3, 0.4) is 0 Å². The number of nitrogens with one attached hydrogen (secondary N) is 2. The van der Waals surface area contributed by atoms with E-state index in [0.29, 0.717) is 29.2 Å². The van der Waals surface area contributed by atoms with Crippen LogP contribution in [0.1, 0.15) is 28.9 Å². The van der Waals surface area contributed by atoms with Crippen LogP contribution >= 0.6 is 11.6 Å². The fraction of sp³-hybridized carbons (Fsp3) is 0.235. The first-order valence-electron chi connectivity index (χ1n) is 7.55. The van der Waals surface area contributed by atoms with Crippen LogP contribution in [-0.2, 0) is 4.79 Å². The Morgan fingerprint density at radius 1 is 1.42 bits per heavy atom. The van der Waals surface area contributed by atoms with Gasteiger partial charge in [0.2, 0.25) is 5.91 Å². The highest BCUT2D eigenvalue weighted by atomic mass is 35.5. The zero-order chi connectivity index (χ0) is 17.1. The zero-order valence-electron chi connectivity index (χ0n) is 12.8. The minimum atomic E-state index is -0.614.